The molecule has 0 saturated carbocycles. The monoisotopic (exact) mass is 232 g/mol. The number of aliphatic hydroxyl groups is 1. The number of rotatable bonds is 3. The van der Waals surface area contributed by atoms with Gasteiger partial charge in [0.05, 0.1) is 6.61 Å². The van der Waals surface area contributed by atoms with Gasteiger partial charge in [0, 0.05) is 5.02 Å². The van der Waals surface area contributed by atoms with Crippen molar-refractivity contribution in [1.29, 1.82) is 0 Å². The van der Waals surface area contributed by atoms with Crippen LogP contribution in [0, 0.1) is 0 Å². The Bertz CT molecular complexity index is 259. The van der Waals surface area contributed by atoms with Crippen LogP contribution in [-0.2, 0) is 13.0 Å². The van der Waals surface area contributed by atoms with Crippen LogP contribution in [0.1, 0.15) is 46.8 Å². The van der Waals surface area contributed by atoms with Crippen molar-refractivity contribution in [2.75, 3.05) is 0 Å². The molecular formula is C13H25ClO. The fraction of sp³-hybridized carbons (Fsp3) is 0.538. The molecule has 0 bridgehead atoms. The van der Waals surface area contributed by atoms with E-state index in [4.69, 9.17) is 16.7 Å². The average Bonchev–Trinajstić information content (AvgIpc) is 2.09. The molecule has 1 aromatic carbocycles. The Hall–Kier alpha value is -0.530. The lowest BCUT2D eigenvalue weighted by Gasteiger charge is -2.03. The molecule has 1 aromatic rings. The summed E-state index contributed by atoms with van der Waals surface area (Å²) in [5.74, 6) is 0. The summed E-state index contributed by atoms with van der Waals surface area (Å²) >= 11 is 5.98. The molecule has 0 unspecified atom stereocenters. The molecule has 0 saturated heterocycles. The fourth-order valence-corrected chi connectivity index (χ4v) is 1.46. The predicted octanol–water partition coefficient (Wildman–Crippen LogP) is 4.69. The fourth-order valence-electron chi connectivity index (χ4n) is 1.16. The second kappa shape index (κ2) is 10.0. The van der Waals surface area contributed by atoms with E-state index in [1.54, 1.807) is 0 Å². The summed E-state index contributed by atoms with van der Waals surface area (Å²) in [5, 5.41) is 9.59. The number of benzene rings is 1. The molecule has 2 heteroatoms. The Morgan fingerprint density at radius 2 is 1.80 bits per heavy atom. The summed E-state index contributed by atoms with van der Waals surface area (Å²) in [6.07, 6.45) is 2.10. The molecule has 0 aliphatic heterocycles. The first-order chi connectivity index (χ1) is 5.77. The van der Waals surface area contributed by atoms with E-state index >= 15 is 0 Å². The molecule has 90 valence electrons. The van der Waals surface area contributed by atoms with Crippen LogP contribution in [0.2, 0.25) is 5.02 Å². The number of hydrogen-bond donors (Lipinski definition) is 1. The standard InChI is InChI=1S/C10H13ClO.3CH4/c1-2-3-9-5-4-8(7-12)6-10(9)11;;;/h4-6,12H,2-3,7H2,1H3;3*1H4. The second-order valence-corrected chi connectivity index (χ2v) is 3.24. The van der Waals surface area contributed by atoms with E-state index in [-0.39, 0.29) is 28.9 Å². The maximum absolute atomic E-state index is 8.82. The quantitative estimate of drug-likeness (QED) is 0.802. The van der Waals surface area contributed by atoms with Crippen molar-refractivity contribution < 1.29 is 5.11 Å². The van der Waals surface area contributed by atoms with Gasteiger partial charge in [0.25, 0.3) is 0 Å². The van der Waals surface area contributed by atoms with Gasteiger partial charge in [0.2, 0.25) is 0 Å². The van der Waals surface area contributed by atoms with Gasteiger partial charge in [-0.05, 0) is 23.6 Å². The van der Waals surface area contributed by atoms with Gasteiger partial charge in [-0.3, -0.25) is 0 Å². The summed E-state index contributed by atoms with van der Waals surface area (Å²) < 4.78 is 0. The van der Waals surface area contributed by atoms with Crippen LogP contribution in [0.3, 0.4) is 0 Å². The molecule has 15 heavy (non-hydrogen) atoms. The molecule has 0 radical (unpaired) electrons. The number of hydrogen-bond acceptors (Lipinski definition) is 1. The summed E-state index contributed by atoms with van der Waals surface area (Å²) in [6, 6.07) is 5.72. The van der Waals surface area contributed by atoms with E-state index in [0.717, 1.165) is 29.0 Å². The number of halogens is 1. The highest BCUT2D eigenvalue weighted by Gasteiger charge is 1.99. The SMILES string of the molecule is C.C.C.CCCc1ccc(CO)cc1Cl. The minimum Gasteiger partial charge on any atom is -0.392 e. The second-order valence-electron chi connectivity index (χ2n) is 2.83. The molecule has 0 amide bonds. The van der Waals surface area contributed by atoms with E-state index in [1.807, 2.05) is 18.2 Å². The van der Waals surface area contributed by atoms with E-state index < -0.39 is 0 Å². The first-order valence-corrected chi connectivity index (χ1v) is 4.54. The van der Waals surface area contributed by atoms with Gasteiger partial charge >= 0.3 is 0 Å². The van der Waals surface area contributed by atoms with Crippen molar-refractivity contribution in [3.05, 3.63) is 34.3 Å². The zero-order chi connectivity index (χ0) is 8.97. The normalized spacial score (nSPS) is 8.20. The van der Waals surface area contributed by atoms with Crippen LogP contribution >= 0.6 is 11.6 Å². The van der Waals surface area contributed by atoms with Gasteiger partial charge in [0.15, 0.2) is 0 Å². The smallest absolute Gasteiger partial charge is 0.0682 e. The maximum Gasteiger partial charge on any atom is 0.0682 e. The minimum atomic E-state index is 0. The molecule has 0 heterocycles. The van der Waals surface area contributed by atoms with Crippen LogP contribution in [0.15, 0.2) is 18.2 Å². The minimum absolute atomic E-state index is 0. The van der Waals surface area contributed by atoms with Crippen molar-refractivity contribution in [3.8, 4) is 0 Å². The van der Waals surface area contributed by atoms with Crippen molar-refractivity contribution in [2.45, 2.75) is 48.7 Å². The highest BCUT2D eigenvalue weighted by atomic mass is 35.5. The Morgan fingerprint density at radius 1 is 1.20 bits per heavy atom. The molecule has 0 aliphatic carbocycles. The maximum atomic E-state index is 8.82. The van der Waals surface area contributed by atoms with Crippen LogP contribution in [0.5, 0.6) is 0 Å². The van der Waals surface area contributed by atoms with Gasteiger partial charge in [-0.2, -0.15) is 0 Å². The lowest BCUT2D eigenvalue weighted by Crippen LogP contribution is -1.88. The van der Waals surface area contributed by atoms with Crippen molar-refractivity contribution in [2.24, 2.45) is 0 Å². The lowest BCUT2D eigenvalue weighted by atomic mass is 10.1. The van der Waals surface area contributed by atoms with E-state index in [9.17, 15) is 0 Å². The number of aryl methyl sites for hydroxylation is 1. The van der Waals surface area contributed by atoms with Crippen LogP contribution in [0.25, 0.3) is 0 Å². The molecule has 0 atom stereocenters. The summed E-state index contributed by atoms with van der Waals surface area (Å²) in [7, 11) is 0. The third-order valence-corrected chi connectivity index (χ3v) is 2.17. The summed E-state index contributed by atoms with van der Waals surface area (Å²) in [6.45, 7) is 2.18. The van der Waals surface area contributed by atoms with Crippen LogP contribution < -0.4 is 0 Å². The third-order valence-electron chi connectivity index (χ3n) is 1.82. The van der Waals surface area contributed by atoms with Gasteiger partial charge in [-0.1, -0.05) is 59.4 Å². The Kier molecular flexibility index (Phi) is 13.3. The lowest BCUT2D eigenvalue weighted by molar-refractivity contribution is 0.282. The summed E-state index contributed by atoms with van der Waals surface area (Å²) in [5.41, 5.74) is 2.04. The van der Waals surface area contributed by atoms with Crippen LogP contribution in [-0.4, -0.2) is 5.11 Å². The summed E-state index contributed by atoms with van der Waals surface area (Å²) in [4.78, 5) is 0. The Morgan fingerprint density at radius 3 is 2.20 bits per heavy atom. The first-order valence-electron chi connectivity index (χ1n) is 4.16. The van der Waals surface area contributed by atoms with E-state index in [1.165, 1.54) is 0 Å². The van der Waals surface area contributed by atoms with Crippen molar-refractivity contribution in [1.82, 2.24) is 0 Å². The molecule has 0 fully saturated rings. The number of aliphatic hydroxyl groups excluding tert-OH is 1. The van der Waals surface area contributed by atoms with Gasteiger partial charge in [-0.15, -0.1) is 0 Å². The Labute approximate surface area is 100 Å². The van der Waals surface area contributed by atoms with Crippen molar-refractivity contribution in [3.63, 3.8) is 0 Å². The predicted molar refractivity (Wildman–Crippen MR) is 71.6 cm³/mol. The van der Waals surface area contributed by atoms with Gasteiger partial charge in [0.1, 0.15) is 0 Å². The molecule has 0 aromatic heterocycles. The largest absolute Gasteiger partial charge is 0.392 e. The molecule has 1 nitrogen and oxygen atoms in total. The average molecular weight is 233 g/mol. The first kappa shape index (κ1) is 20.0. The third kappa shape index (κ3) is 5.81. The molecule has 0 aliphatic rings. The van der Waals surface area contributed by atoms with Crippen molar-refractivity contribution >= 4 is 11.6 Å². The van der Waals surface area contributed by atoms with Gasteiger partial charge < -0.3 is 5.11 Å². The molecule has 1 rings (SSSR count). The molecular weight excluding hydrogens is 208 g/mol. The molecule has 0 spiro atoms. The zero-order valence-corrected chi connectivity index (χ0v) is 7.93. The molecule has 1 N–H and O–H groups in total. The highest BCUT2D eigenvalue weighted by molar-refractivity contribution is 6.31. The topological polar surface area (TPSA) is 20.2 Å². The van der Waals surface area contributed by atoms with E-state index in [0.29, 0.717) is 0 Å². The van der Waals surface area contributed by atoms with Crippen LogP contribution in [0.4, 0.5) is 0 Å². The van der Waals surface area contributed by atoms with Gasteiger partial charge in [-0.25, -0.2) is 0 Å². The van der Waals surface area contributed by atoms with E-state index in [2.05, 4.69) is 6.92 Å². The highest BCUT2D eigenvalue weighted by Crippen LogP contribution is 2.19. The zero-order valence-electron chi connectivity index (χ0n) is 7.18. The Balaban J connectivity index is -0.000000480.